The highest BCUT2D eigenvalue weighted by molar-refractivity contribution is 5.83. The number of amides is 1. The maximum Gasteiger partial charge on any atom is 0.271 e. The number of fused-ring (bicyclic) bond motifs is 1. The summed E-state index contributed by atoms with van der Waals surface area (Å²) in [7, 11) is 0. The number of primary amides is 1. The predicted octanol–water partition coefficient (Wildman–Crippen LogP) is 0.362. The maximum absolute atomic E-state index is 10.9. The van der Waals surface area contributed by atoms with Crippen LogP contribution >= 0.6 is 0 Å². The second-order valence-corrected chi connectivity index (χ2v) is 3.98. The third kappa shape index (κ3) is 2.16. The number of rotatable bonds is 4. The van der Waals surface area contributed by atoms with Gasteiger partial charge in [0.05, 0.1) is 10.4 Å². The van der Waals surface area contributed by atoms with Crippen molar-refractivity contribution in [2.45, 2.75) is 12.6 Å². The lowest BCUT2D eigenvalue weighted by Gasteiger charge is -2.09. The third-order valence-electron chi connectivity index (χ3n) is 2.73. The largest absolute Gasteiger partial charge is 0.368 e. The Balaban J connectivity index is 2.42. The van der Waals surface area contributed by atoms with Gasteiger partial charge in [0.25, 0.3) is 5.69 Å². The lowest BCUT2D eigenvalue weighted by atomic mass is 10.2. The number of non-ortho nitro benzene ring substituents is 1. The van der Waals surface area contributed by atoms with Crippen LogP contribution in [0.15, 0.2) is 30.5 Å². The number of carbonyl (C=O) groups is 1. The van der Waals surface area contributed by atoms with Gasteiger partial charge in [-0.25, -0.2) is 0 Å². The van der Waals surface area contributed by atoms with Gasteiger partial charge in [-0.2, -0.15) is 0 Å². The van der Waals surface area contributed by atoms with Gasteiger partial charge in [0.1, 0.15) is 6.04 Å². The van der Waals surface area contributed by atoms with Crippen molar-refractivity contribution in [1.29, 1.82) is 0 Å². The second kappa shape index (κ2) is 4.46. The molecule has 1 aromatic heterocycles. The Hall–Kier alpha value is -2.41. The molecule has 1 heterocycles. The van der Waals surface area contributed by atoms with Crippen molar-refractivity contribution in [3.63, 3.8) is 0 Å². The second-order valence-electron chi connectivity index (χ2n) is 3.98. The molecule has 7 nitrogen and oxygen atoms in total. The Morgan fingerprint density at radius 3 is 2.78 bits per heavy atom. The van der Waals surface area contributed by atoms with Gasteiger partial charge in [-0.05, 0) is 12.1 Å². The van der Waals surface area contributed by atoms with Crippen molar-refractivity contribution in [2.24, 2.45) is 11.5 Å². The number of carbonyl (C=O) groups excluding carboxylic acids is 1. The van der Waals surface area contributed by atoms with Crippen LogP contribution in [-0.4, -0.2) is 21.4 Å². The van der Waals surface area contributed by atoms with E-state index < -0.39 is 16.9 Å². The summed E-state index contributed by atoms with van der Waals surface area (Å²) in [5.74, 6) is -0.609. The summed E-state index contributed by atoms with van der Waals surface area (Å²) in [6, 6.07) is 5.51. The number of hydrogen-bond acceptors (Lipinski definition) is 4. The highest BCUT2D eigenvalue weighted by Gasteiger charge is 2.13. The van der Waals surface area contributed by atoms with Crippen molar-refractivity contribution in [3.05, 3.63) is 40.6 Å². The van der Waals surface area contributed by atoms with Crippen molar-refractivity contribution in [1.82, 2.24) is 4.57 Å². The van der Waals surface area contributed by atoms with Gasteiger partial charge in [-0.15, -0.1) is 0 Å². The SMILES string of the molecule is NC(=O)C(N)Cn1ccc2ccc([N+](=O)[O-])cc21. The summed E-state index contributed by atoms with van der Waals surface area (Å²) < 4.78 is 1.68. The molecule has 0 saturated carbocycles. The van der Waals surface area contributed by atoms with Crippen LogP contribution in [0.1, 0.15) is 0 Å². The zero-order valence-electron chi connectivity index (χ0n) is 9.45. The van der Waals surface area contributed by atoms with Gasteiger partial charge in [0.2, 0.25) is 5.91 Å². The number of aromatic nitrogens is 1. The number of nitro benzene ring substituents is 1. The number of benzene rings is 1. The summed E-state index contributed by atoms with van der Waals surface area (Å²) in [5, 5.41) is 11.6. The van der Waals surface area contributed by atoms with E-state index in [4.69, 9.17) is 11.5 Å². The molecule has 0 radical (unpaired) electrons. The molecule has 7 heteroatoms. The van der Waals surface area contributed by atoms with Crippen molar-refractivity contribution in [2.75, 3.05) is 0 Å². The minimum absolute atomic E-state index is 0.00454. The number of nitrogens with zero attached hydrogens (tertiary/aromatic N) is 2. The normalized spacial score (nSPS) is 12.5. The monoisotopic (exact) mass is 248 g/mol. The van der Waals surface area contributed by atoms with E-state index >= 15 is 0 Å². The van der Waals surface area contributed by atoms with E-state index in [-0.39, 0.29) is 12.2 Å². The van der Waals surface area contributed by atoms with E-state index in [1.54, 1.807) is 22.9 Å². The highest BCUT2D eigenvalue weighted by atomic mass is 16.6. The molecule has 0 aliphatic heterocycles. The molecular weight excluding hydrogens is 236 g/mol. The average molecular weight is 248 g/mol. The highest BCUT2D eigenvalue weighted by Crippen LogP contribution is 2.22. The number of hydrogen-bond donors (Lipinski definition) is 2. The van der Waals surface area contributed by atoms with Crippen molar-refractivity contribution in [3.8, 4) is 0 Å². The molecule has 0 aliphatic rings. The zero-order chi connectivity index (χ0) is 13.3. The molecule has 94 valence electrons. The van der Waals surface area contributed by atoms with Gasteiger partial charge in [-0.3, -0.25) is 14.9 Å². The van der Waals surface area contributed by atoms with Crippen LogP contribution in [0.25, 0.3) is 10.9 Å². The summed E-state index contributed by atoms with van der Waals surface area (Å²) >= 11 is 0. The van der Waals surface area contributed by atoms with E-state index in [9.17, 15) is 14.9 Å². The summed E-state index contributed by atoms with van der Waals surface area (Å²) in [6.45, 7) is 0.194. The fourth-order valence-electron chi connectivity index (χ4n) is 1.75. The molecule has 0 fully saturated rings. The molecule has 0 bridgehead atoms. The Morgan fingerprint density at radius 2 is 2.17 bits per heavy atom. The topological polar surface area (TPSA) is 117 Å². The lowest BCUT2D eigenvalue weighted by Crippen LogP contribution is -2.39. The Bertz CT molecular complexity index is 620. The van der Waals surface area contributed by atoms with Crippen LogP contribution in [0.3, 0.4) is 0 Å². The molecule has 0 saturated heterocycles. The van der Waals surface area contributed by atoms with E-state index in [1.807, 2.05) is 0 Å². The first-order valence-electron chi connectivity index (χ1n) is 5.27. The first-order valence-corrected chi connectivity index (χ1v) is 5.27. The summed E-state index contributed by atoms with van der Waals surface area (Å²) in [4.78, 5) is 21.2. The Morgan fingerprint density at radius 1 is 1.44 bits per heavy atom. The molecule has 1 unspecified atom stereocenters. The lowest BCUT2D eigenvalue weighted by molar-refractivity contribution is -0.384. The molecule has 1 aromatic carbocycles. The standard InChI is InChI=1S/C11H12N4O3/c12-9(11(13)16)6-14-4-3-7-1-2-8(15(17)18)5-10(7)14/h1-5,9H,6,12H2,(H2,13,16). The fraction of sp³-hybridized carbons (Fsp3) is 0.182. The fourth-order valence-corrected chi connectivity index (χ4v) is 1.75. The van der Waals surface area contributed by atoms with Gasteiger partial charge < -0.3 is 16.0 Å². The number of nitro groups is 1. The predicted molar refractivity (Wildman–Crippen MR) is 65.8 cm³/mol. The molecule has 0 aliphatic carbocycles. The van der Waals surface area contributed by atoms with Gasteiger partial charge in [0, 0.05) is 30.3 Å². The smallest absolute Gasteiger partial charge is 0.271 e. The molecule has 2 rings (SSSR count). The van der Waals surface area contributed by atoms with Gasteiger partial charge in [-0.1, -0.05) is 0 Å². The van der Waals surface area contributed by atoms with Crippen molar-refractivity contribution < 1.29 is 9.72 Å². The molecule has 2 aromatic rings. The molecule has 1 amide bonds. The Kier molecular flexibility index (Phi) is 2.99. The molecular formula is C11H12N4O3. The van der Waals surface area contributed by atoms with Crippen LogP contribution < -0.4 is 11.5 Å². The minimum atomic E-state index is -0.820. The average Bonchev–Trinajstić information content (AvgIpc) is 2.71. The van der Waals surface area contributed by atoms with E-state index in [0.29, 0.717) is 5.52 Å². The molecule has 18 heavy (non-hydrogen) atoms. The van der Waals surface area contributed by atoms with E-state index in [1.165, 1.54) is 12.1 Å². The summed E-state index contributed by atoms with van der Waals surface area (Å²) in [6.07, 6.45) is 1.72. The molecule has 4 N–H and O–H groups in total. The Labute approximate surface area is 102 Å². The maximum atomic E-state index is 10.9. The summed E-state index contributed by atoms with van der Waals surface area (Å²) in [5.41, 5.74) is 11.3. The molecule has 0 spiro atoms. The first kappa shape index (κ1) is 12.1. The van der Waals surface area contributed by atoms with Crippen molar-refractivity contribution >= 4 is 22.5 Å². The van der Waals surface area contributed by atoms with Crippen LogP contribution in [-0.2, 0) is 11.3 Å². The number of nitrogens with two attached hydrogens (primary N) is 2. The van der Waals surface area contributed by atoms with Crippen LogP contribution in [0.2, 0.25) is 0 Å². The third-order valence-corrected chi connectivity index (χ3v) is 2.73. The van der Waals surface area contributed by atoms with Gasteiger partial charge >= 0.3 is 0 Å². The van der Waals surface area contributed by atoms with E-state index in [2.05, 4.69) is 0 Å². The van der Waals surface area contributed by atoms with Crippen LogP contribution in [0.5, 0.6) is 0 Å². The zero-order valence-corrected chi connectivity index (χ0v) is 9.45. The van der Waals surface area contributed by atoms with E-state index in [0.717, 1.165) is 5.39 Å². The quantitative estimate of drug-likeness (QED) is 0.600. The first-order chi connectivity index (χ1) is 8.49. The minimum Gasteiger partial charge on any atom is -0.368 e. The van der Waals surface area contributed by atoms with Crippen LogP contribution in [0, 0.1) is 10.1 Å². The van der Waals surface area contributed by atoms with Gasteiger partial charge in [0.15, 0.2) is 0 Å². The van der Waals surface area contributed by atoms with Crippen LogP contribution in [0.4, 0.5) is 5.69 Å². The molecule has 1 atom stereocenters.